The van der Waals surface area contributed by atoms with E-state index in [1.165, 1.54) is 78.6 Å². The molecule has 0 bridgehead atoms. The maximum Gasteiger partial charge on any atom is 0.243 e. The summed E-state index contributed by atoms with van der Waals surface area (Å²) in [7, 11) is 0. The molecule has 20 nitrogen and oxygen atoms in total. The normalized spacial score (nSPS) is 15.3. The average molecular weight is 1020 g/mol. The minimum atomic E-state index is -1.56. The molecule has 418 valence electrons. The minimum absolute atomic E-state index is 0.0921. The molecule has 15 N–H and O–H groups in total. The van der Waals surface area contributed by atoms with Gasteiger partial charge in [-0.05, 0) is 90.0 Å². The van der Waals surface area contributed by atoms with Gasteiger partial charge in [-0.2, -0.15) is 0 Å². The molecule has 0 aliphatic carbocycles. The monoisotopic (exact) mass is 1020 g/mol. The van der Waals surface area contributed by atoms with Crippen LogP contribution in [0.2, 0.25) is 0 Å². The number of nitrogens with one attached hydrogen (secondary N) is 7. The Morgan fingerprint density at radius 1 is 0.514 bits per heavy atom. The number of hydrogen-bond acceptors (Lipinski definition) is 12. The standard InChI is InChI=1S/C52H101N11O9/c1-11-12-13-14-15-16-17-18-19-20-21-22-23-29-42(66)61-43(34(4)5)49(70)59-40(28-26-31-56-52(54)55)47(68)62-44(35(6)7)50(71)60-41(32-33(2)3)48(69)57-36(8)46(67)63-45(38(10)65)51(72)58-39(37(9)64)27-24-25-30-53/h33-36,38-41,43-46,63,65,67H,11-32,53H2,1-10H3,(H,57,69)(H,58,72)(H,59,70)(H,60,71)(H,61,66)(H,62,68)(H4,54,55,56)/t36-,38+,39-,40-,41-,43?,44-,45-,46?/m0/s1. The molecule has 72 heavy (non-hydrogen) atoms. The van der Waals surface area contributed by atoms with Crippen molar-refractivity contribution in [3.63, 3.8) is 0 Å². The highest BCUT2D eigenvalue weighted by Gasteiger charge is 2.35. The van der Waals surface area contributed by atoms with Crippen LogP contribution in [0.15, 0.2) is 4.99 Å². The third-order valence-electron chi connectivity index (χ3n) is 12.7. The molecule has 0 aromatic carbocycles. The van der Waals surface area contributed by atoms with Crippen LogP contribution in [0.4, 0.5) is 0 Å². The Morgan fingerprint density at radius 2 is 0.972 bits per heavy atom. The molecule has 0 fully saturated rings. The molecule has 20 heteroatoms. The Labute approximate surface area is 432 Å². The van der Waals surface area contributed by atoms with E-state index in [1.807, 2.05) is 13.8 Å². The molecule has 0 saturated heterocycles. The largest absolute Gasteiger partial charge is 0.391 e. The topological polar surface area (TPSA) is 335 Å². The summed E-state index contributed by atoms with van der Waals surface area (Å²) in [6.07, 6.45) is 14.9. The smallest absolute Gasteiger partial charge is 0.243 e. The first-order valence-electron chi connectivity index (χ1n) is 27.2. The van der Waals surface area contributed by atoms with Gasteiger partial charge in [0.25, 0.3) is 0 Å². The fourth-order valence-corrected chi connectivity index (χ4v) is 8.17. The van der Waals surface area contributed by atoms with E-state index in [2.05, 4.69) is 49.1 Å². The van der Waals surface area contributed by atoms with Crippen molar-refractivity contribution >= 4 is 47.2 Å². The molecular weight excluding hydrogens is 923 g/mol. The molecule has 2 unspecified atom stereocenters. The van der Waals surface area contributed by atoms with Crippen molar-refractivity contribution < 1.29 is 43.8 Å². The SMILES string of the molecule is CCCCCCCCCCCCCCCC(=O)NC(C(=O)N[C@@H](CCCN=C(N)N)C(=O)N[C@H](C(=O)N[C@@H](CC(C)C)C(=O)N[C@@H](C)C(O)N[C@H](C(=O)N[C@@H](CCCCN)C(C)=O)[C@@H](C)O)C(C)C)C(C)C. The lowest BCUT2D eigenvalue weighted by Crippen LogP contribution is -2.62. The van der Waals surface area contributed by atoms with Crippen molar-refractivity contribution in [2.75, 3.05) is 13.1 Å². The number of aliphatic imine (C=N–C) groups is 1. The first kappa shape index (κ1) is 67.6. The van der Waals surface area contributed by atoms with Crippen molar-refractivity contribution in [2.24, 2.45) is 39.9 Å². The number of rotatable bonds is 42. The molecule has 0 aliphatic rings. The van der Waals surface area contributed by atoms with Crippen LogP contribution in [0.5, 0.6) is 0 Å². The first-order valence-corrected chi connectivity index (χ1v) is 27.2. The number of carbonyl (C=O) groups excluding carboxylic acids is 7. The summed E-state index contributed by atoms with van der Waals surface area (Å²) in [4.78, 5) is 98.3. The van der Waals surface area contributed by atoms with Gasteiger partial charge in [0.05, 0.1) is 18.2 Å². The van der Waals surface area contributed by atoms with E-state index in [0.717, 1.165) is 19.3 Å². The van der Waals surface area contributed by atoms with Crippen LogP contribution in [0.3, 0.4) is 0 Å². The van der Waals surface area contributed by atoms with Crippen LogP contribution in [-0.2, 0) is 33.6 Å². The van der Waals surface area contributed by atoms with Crippen LogP contribution in [-0.4, -0.2) is 125 Å². The molecule has 0 spiro atoms. The van der Waals surface area contributed by atoms with Crippen molar-refractivity contribution in [3.8, 4) is 0 Å². The van der Waals surface area contributed by atoms with Gasteiger partial charge in [0.1, 0.15) is 36.4 Å². The fraction of sp³-hybridized carbons (Fsp3) is 0.846. The second-order valence-corrected chi connectivity index (χ2v) is 20.8. The lowest BCUT2D eigenvalue weighted by atomic mass is 9.98. The number of nitrogens with zero attached hydrogens (tertiary/aromatic N) is 1. The van der Waals surface area contributed by atoms with Gasteiger partial charge in [-0.15, -0.1) is 0 Å². The van der Waals surface area contributed by atoms with Gasteiger partial charge in [0.15, 0.2) is 11.7 Å². The Morgan fingerprint density at radius 3 is 1.44 bits per heavy atom. The van der Waals surface area contributed by atoms with Gasteiger partial charge in [-0.3, -0.25) is 43.9 Å². The van der Waals surface area contributed by atoms with Crippen LogP contribution >= 0.6 is 0 Å². The summed E-state index contributed by atoms with van der Waals surface area (Å²) in [6, 6.07) is -7.60. The predicted molar refractivity (Wildman–Crippen MR) is 285 cm³/mol. The molecule has 0 aromatic rings. The molecular formula is C52H101N11O9. The first-order chi connectivity index (χ1) is 34.0. The number of Topliss-reactive ketones (excluding diaryl/α,β-unsaturated/α-hetero) is 1. The number of guanidine groups is 1. The van der Waals surface area contributed by atoms with Crippen molar-refractivity contribution in [1.29, 1.82) is 0 Å². The minimum Gasteiger partial charge on any atom is -0.391 e. The van der Waals surface area contributed by atoms with E-state index < -0.39 is 90.1 Å². The lowest BCUT2D eigenvalue weighted by Gasteiger charge is -2.31. The molecule has 0 aliphatic heterocycles. The summed E-state index contributed by atoms with van der Waals surface area (Å²) >= 11 is 0. The number of unbranched alkanes of at least 4 members (excludes halogenated alkanes) is 13. The van der Waals surface area contributed by atoms with Gasteiger partial charge in [0.2, 0.25) is 35.4 Å². The Bertz CT molecular complexity index is 1610. The Kier molecular flexibility index (Phi) is 36.7. The molecule has 0 aromatic heterocycles. The Hall–Kier alpha value is -4.40. The van der Waals surface area contributed by atoms with E-state index in [1.54, 1.807) is 27.7 Å². The van der Waals surface area contributed by atoms with E-state index in [9.17, 15) is 43.8 Å². The van der Waals surface area contributed by atoms with Gasteiger partial charge in [-0.1, -0.05) is 126 Å². The van der Waals surface area contributed by atoms with E-state index in [0.29, 0.717) is 38.6 Å². The highest BCUT2D eigenvalue weighted by atomic mass is 16.3. The molecule has 6 amide bonds. The van der Waals surface area contributed by atoms with E-state index >= 15 is 0 Å². The van der Waals surface area contributed by atoms with Gasteiger partial charge in [0, 0.05) is 13.0 Å². The van der Waals surface area contributed by atoms with Crippen LogP contribution in [0.1, 0.15) is 198 Å². The Balaban J connectivity index is 5.85. The van der Waals surface area contributed by atoms with E-state index in [4.69, 9.17) is 17.2 Å². The summed E-state index contributed by atoms with van der Waals surface area (Å²) < 4.78 is 0. The number of nitrogens with two attached hydrogens (primary N) is 3. The second-order valence-electron chi connectivity index (χ2n) is 20.8. The number of aliphatic hydroxyl groups is 2. The zero-order chi connectivity index (χ0) is 54.8. The molecule has 0 saturated carbocycles. The number of carbonyl (C=O) groups is 7. The van der Waals surface area contributed by atoms with Gasteiger partial charge < -0.3 is 59.3 Å². The molecule has 9 atom stereocenters. The number of amides is 6. The van der Waals surface area contributed by atoms with E-state index in [-0.39, 0.29) is 55.3 Å². The summed E-state index contributed by atoms with van der Waals surface area (Å²) in [5, 5.41) is 40.7. The van der Waals surface area contributed by atoms with Crippen LogP contribution in [0, 0.1) is 17.8 Å². The fourth-order valence-electron chi connectivity index (χ4n) is 8.17. The molecule has 0 heterocycles. The highest BCUT2D eigenvalue weighted by molar-refractivity contribution is 5.96. The molecule has 0 radical (unpaired) electrons. The zero-order valence-electron chi connectivity index (χ0n) is 45.9. The summed E-state index contributed by atoms with van der Waals surface area (Å²) in [5.74, 6) is -4.84. The third kappa shape index (κ3) is 30.6. The number of aliphatic hydroxyl groups excluding tert-OH is 2. The zero-order valence-corrected chi connectivity index (χ0v) is 45.9. The molecule has 0 rings (SSSR count). The summed E-state index contributed by atoms with van der Waals surface area (Å²) in [6.45, 7) is 17.7. The maximum absolute atomic E-state index is 14.1. The van der Waals surface area contributed by atoms with Crippen molar-refractivity contribution in [3.05, 3.63) is 0 Å². The third-order valence-corrected chi connectivity index (χ3v) is 12.7. The van der Waals surface area contributed by atoms with Crippen molar-refractivity contribution in [1.82, 2.24) is 37.2 Å². The predicted octanol–water partition coefficient (Wildman–Crippen LogP) is 3.18. The number of hydrogen-bond donors (Lipinski definition) is 12. The highest BCUT2D eigenvalue weighted by Crippen LogP contribution is 2.15. The number of ketones is 1. The van der Waals surface area contributed by atoms with Crippen LogP contribution in [0.25, 0.3) is 0 Å². The summed E-state index contributed by atoms with van der Waals surface area (Å²) in [5.41, 5.74) is 16.6. The maximum atomic E-state index is 14.1. The van der Waals surface area contributed by atoms with Crippen molar-refractivity contribution in [2.45, 2.75) is 252 Å². The second kappa shape index (κ2) is 39.1. The van der Waals surface area contributed by atoms with Crippen LogP contribution < -0.4 is 54.4 Å². The average Bonchev–Trinajstić information content (AvgIpc) is 3.29. The quantitative estimate of drug-likeness (QED) is 0.0181. The van der Waals surface area contributed by atoms with Gasteiger partial charge in [-0.25, -0.2) is 0 Å². The van der Waals surface area contributed by atoms with Gasteiger partial charge >= 0.3 is 0 Å². The lowest BCUT2D eigenvalue weighted by molar-refractivity contribution is -0.136.